The van der Waals surface area contributed by atoms with Crippen molar-refractivity contribution in [1.82, 2.24) is 24.8 Å². The van der Waals surface area contributed by atoms with Crippen LogP contribution >= 0.6 is 0 Å². The topological polar surface area (TPSA) is 87.8 Å². The molecule has 2 aromatic heterocycles. The number of nitrogens with one attached hydrogen (secondary N) is 1. The third-order valence-corrected chi connectivity index (χ3v) is 7.13. The predicted octanol–water partition coefficient (Wildman–Crippen LogP) is 6.50. The molecule has 1 aliphatic rings. The van der Waals surface area contributed by atoms with Gasteiger partial charge in [-0.1, -0.05) is 0 Å². The summed E-state index contributed by atoms with van der Waals surface area (Å²) in [4.78, 5) is 31.7. The smallest absolute Gasteiger partial charge is 0.255 e. The molecule has 0 bridgehead atoms. The molecular formula is C31H39F2N7O. The van der Waals surface area contributed by atoms with E-state index in [1.807, 2.05) is 23.3 Å². The van der Waals surface area contributed by atoms with Crippen LogP contribution in [0.4, 0.5) is 14.6 Å². The number of imidazole rings is 1. The number of benzene rings is 1. The van der Waals surface area contributed by atoms with Crippen LogP contribution in [0.3, 0.4) is 0 Å². The Morgan fingerprint density at radius 2 is 1.85 bits per heavy atom. The first-order valence-corrected chi connectivity index (χ1v) is 13.9. The molecule has 0 unspecified atom stereocenters. The molecule has 1 amide bonds. The number of halogens is 2. The molecule has 1 N–H and O–H groups in total. The molecule has 0 saturated carbocycles. The Morgan fingerprint density at radius 1 is 1.17 bits per heavy atom. The molecule has 1 saturated heterocycles. The number of aliphatic imine (C=N–C) groups is 2. The SMILES string of the molecule is C=N/C(=C(F)\C=N/c1ccc(C(=O)N2CCC(NC(C)(C)C)CC2)c(C)n1)c1cc(F)c2nc(C)n(C(C)C)c2c1. The summed E-state index contributed by atoms with van der Waals surface area (Å²) in [7, 11) is 0. The van der Waals surface area contributed by atoms with Crippen LogP contribution in [0.25, 0.3) is 16.7 Å². The van der Waals surface area contributed by atoms with Gasteiger partial charge < -0.3 is 14.8 Å². The normalized spacial score (nSPS) is 15.7. The van der Waals surface area contributed by atoms with Gasteiger partial charge in [-0.25, -0.2) is 23.7 Å². The highest BCUT2D eigenvalue weighted by Crippen LogP contribution is 2.29. The average molecular weight is 564 g/mol. The Bertz CT molecular complexity index is 1520. The van der Waals surface area contributed by atoms with E-state index in [-0.39, 0.29) is 40.1 Å². The van der Waals surface area contributed by atoms with Gasteiger partial charge in [0.2, 0.25) is 0 Å². The van der Waals surface area contributed by atoms with Crippen molar-refractivity contribution in [2.75, 3.05) is 13.1 Å². The average Bonchev–Trinajstić information content (AvgIpc) is 3.24. The predicted molar refractivity (Wildman–Crippen MR) is 161 cm³/mol. The van der Waals surface area contributed by atoms with Gasteiger partial charge in [0.1, 0.15) is 17.0 Å². The molecule has 3 aromatic rings. The lowest BCUT2D eigenvalue weighted by atomic mass is 9.99. The van der Waals surface area contributed by atoms with E-state index in [1.54, 1.807) is 32.0 Å². The van der Waals surface area contributed by atoms with Crippen LogP contribution in [0.2, 0.25) is 0 Å². The van der Waals surface area contributed by atoms with Crippen LogP contribution in [-0.4, -0.2) is 62.9 Å². The molecule has 3 heterocycles. The Labute approximate surface area is 240 Å². The van der Waals surface area contributed by atoms with E-state index in [9.17, 15) is 9.18 Å². The fourth-order valence-electron chi connectivity index (χ4n) is 5.40. The summed E-state index contributed by atoms with van der Waals surface area (Å²) >= 11 is 0. The number of amides is 1. The highest BCUT2D eigenvalue weighted by molar-refractivity contribution is 5.96. The second-order valence-electron chi connectivity index (χ2n) is 11.8. The molecule has 41 heavy (non-hydrogen) atoms. The zero-order valence-corrected chi connectivity index (χ0v) is 24.9. The van der Waals surface area contributed by atoms with Crippen LogP contribution in [0.5, 0.6) is 0 Å². The number of carbonyl (C=O) groups excluding carboxylic acids is 1. The van der Waals surface area contributed by atoms with Gasteiger partial charge in [-0.3, -0.25) is 9.79 Å². The van der Waals surface area contributed by atoms with Crippen molar-refractivity contribution in [2.24, 2.45) is 9.98 Å². The number of fused-ring (bicyclic) bond motifs is 1. The lowest BCUT2D eigenvalue weighted by molar-refractivity contribution is 0.0696. The molecule has 8 nitrogen and oxygen atoms in total. The summed E-state index contributed by atoms with van der Waals surface area (Å²) < 4.78 is 32.1. The third kappa shape index (κ3) is 6.75. The number of rotatable bonds is 7. The zero-order valence-electron chi connectivity index (χ0n) is 24.9. The molecule has 0 radical (unpaired) electrons. The fourth-order valence-corrected chi connectivity index (χ4v) is 5.40. The van der Waals surface area contributed by atoms with Gasteiger partial charge in [0.25, 0.3) is 5.91 Å². The van der Waals surface area contributed by atoms with Gasteiger partial charge in [0.05, 0.1) is 23.0 Å². The Kier molecular flexibility index (Phi) is 8.82. The lowest BCUT2D eigenvalue weighted by Gasteiger charge is -2.36. The van der Waals surface area contributed by atoms with E-state index in [0.29, 0.717) is 41.7 Å². The molecule has 1 aliphatic heterocycles. The summed E-state index contributed by atoms with van der Waals surface area (Å²) in [6.07, 6.45) is 2.76. The summed E-state index contributed by atoms with van der Waals surface area (Å²) in [5.74, 6) is -0.538. The maximum atomic E-state index is 15.3. The first kappa shape index (κ1) is 30.2. The monoisotopic (exact) mass is 563 g/mol. The number of pyridine rings is 1. The van der Waals surface area contributed by atoms with E-state index in [0.717, 1.165) is 19.1 Å². The minimum atomic E-state index is -0.794. The van der Waals surface area contributed by atoms with Crippen molar-refractivity contribution >= 4 is 41.4 Å². The summed E-state index contributed by atoms with van der Waals surface area (Å²) in [6, 6.07) is 6.51. The number of allylic oxidation sites excluding steroid dienone is 1. The van der Waals surface area contributed by atoms with Gasteiger partial charge in [-0.2, -0.15) is 0 Å². The van der Waals surface area contributed by atoms with Crippen molar-refractivity contribution in [2.45, 2.75) is 78.9 Å². The molecule has 10 heteroatoms. The van der Waals surface area contributed by atoms with Crippen LogP contribution in [-0.2, 0) is 0 Å². The van der Waals surface area contributed by atoms with Crippen LogP contribution < -0.4 is 5.32 Å². The van der Waals surface area contributed by atoms with Crippen molar-refractivity contribution in [1.29, 1.82) is 0 Å². The van der Waals surface area contributed by atoms with Gasteiger partial charge in [0.15, 0.2) is 17.5 Å². The Hall–Kier alpha value is -3.79. The van der Waals surface area contributed by atoms with Crippen molar-refractivity contribution in [3.05, 3.63) is 58.6 Å². The van der Waals surface area contributed by atoms with E-state index in [4.69, 9.17) is 0 Å². The number of aryl methyl sites for hydroxylation is 2. The molecule has 0 aliphatic carbocycles. The molecule has 1 aromatic carbocycles. The summed E-state index contributed by atoms with van der Waals surface area (Å²) in [6.45, 7) is 18.7. The quantitative estimate of drug-likeness (QED) is 0.332. The molecule has 218 valence electrons. The number of hydrogen-bond donors (Lipinski definition) is 1. The number of nitrogens with zero attached hydrogens (tertiary/aromatic N) is 6. The largest absolute Gasteiger partial charge is 0.338 e. The number of hydrogen-bond acceptors (Lipinski definition) is 6. The van der Waals surface area contributed by atoms with E-state index < -0.39 is 11.6 Å². The van der Waals surface area contributed by atoms with Gasteiger partial charge in [-0.05, 0) is 92.3 Å². The molecular weight excluding hydrogens is 524 g/mol. The van der Waals surface area contributed by atoms with Crippen molar-refractivity contribution in [3.63, 3.8) is 0 Å². The number of piperidine rings is 1. The minimum absolute atomic E-state index is 0.0329. The Morgan fingerprint density at radius 3 is 2.44 bits per heavy atom. The van der Waals surface area contributed by atoms with E-state index in [2.05, 4.69) is 52.8 Å². The highest BCUT2D eigenvalue weighted by Gasteiger charge is 2.27. The van der Waals surface area contributed by atoms with Gasteiger partial charge in [-0.15, -0.1) is 0 Å². The number of carbonyl (C=O) groups is 1. The number of likely N-dealkylation sites (tertiary alicyclic amines) is 1. The van der Waals surface area contributed by atoms with Crippen LogP contribution in [0.15, 0.2) is 40.1 Å². The Balaban J connectivity index is 1.53. The molecule has 4 rings (SSSR count). The summed E-state index contributed by atoms with van der Waals surface area (Å²) in [5, 5.41) is 3.61. The lowest BCUT2D eigenvalue weighted by Crippen LogP contribution is -2.50. The van der Waals surface area contributed by atoms with Crippen LogP contribution in [0.1, 0.15) is 80.9 Å². The maximum Gasteiger partial charge on any atom is 0.255 e. The van der Waals surface area contributed by atoms with Gasteiger partial charge >= 0.3 is 0 Å². The second kappa shape index (κ2) is 12.0. The minimum Gasteiger partial charge on any atom is -0.338 e. The second-order valence-corrected chi connectivity index (χ2v) is 11.8. The first-order valence-electron chi connectivity index (χ1n) is 13.9. The third-order valence-electron chi connectivity index (χ3n) is 7.13. The molecule has 0 spiro atoms. The highest BCUT2D eigenvalue weighted by atomic mass is 19.1. The van der Waals surface area contributed by atoms with E-state index >= 15 is 4.39 Å². The first-order chi connectivity index (χ1) is 19.3. The summed E-state index contributed by atoms with van der Waals surface area (Å²) in [5.41, 5.74) is 1.89. The standard InChI is InChI=1S/C31H39F2N7O/c1-18(2)40-20(4)37-29-24(32)15-21(16-26(29)40)28(34-8)25(33)17-35-27-10-9-23(19(3)36-27)30(41)39-13-11-22(12-14-39)38-31(5,6)7/h9-10,15-18,22,38H,8,11-14H2,1-7H3/b28-25+,35-17-. The van der Waals surface area contributed by atoms with Crippen molar-refractivity contribution < 1.29 is 13.6 Å². The number of aromatic nitrogens is 3. The van der Waals surface area contributed by atoms with Crippen LogP contribution in [0, 0.1) is 19.7 Å². The molecule has 1 fully saturated rings. The maximum absolute atomic E-state index is 15.3. The van der Waals surface area contributed by atoms with E-state index in [1.165, 1.54) is 6.07 Å². The zero-order chi connectivity index (χ0) is 30.1. The van der Waals surface area contributed by atoms with Gasteiger partial charge in [0, 0.05) is 36.3 Å². The fraction of sp³-hybridized carbons (Fsp3) is 0.452. The van der Waals surface area contributed by atoms with Crippen molar-refractivity contribution in [3.8, 4) is 0 Å². The molecule has 0 atom stereocenters.